The third-order valence-corrected chi connectivity index (χ3v) is 5.22. The van der Waals surface area contributed by atoms with Crippen molar-refractivity contribution in [3.63, 3.8) is 0 Å². The van der Waals surface area contributed by atoms with Gasteiger partial charge in [0.25, 0.3) is 0 Å². The molecule has 2 aliphatic rings. The number of aliphatic hydroxyl groups is 1. The number of hydrogen-bond acceptors (Lipinski definition) is 6. The van der Waals surface area contributed by atoms with Crippen LogP contribution in [0.2, 0.25) is 0 Å². The van der Waals surface area contributed by atoms with Gasteiger partial charge in [-0.1, -0.05) is 0 Å². The second-order valence-electron chi connectivity index (χ2n) is 6.50. The molecule has 26 heavy (non-hydrogen) atoms. The van der Waals surface area contributed by atoms with E-state index in [0.29, 0.717) is 29.6 Å². The Hall–Kier alpha value is -2.86. The van der Waals surface area contributed by atoms with Crippen LogP contribution in [0.3, 0.4) is 0 Å². The van der Waals surface area contributed by atoms with Crippen LogP contribution in [0, 0.1) is 0 Å². The molecule has 0 unspecified atom stereocenters. The average Bonchev–Trinajstić information content (AvgIpc) is 3.15. The summed E-state index contributed by atoms with van der Waals surface area (Å²) in [5.74, 6) is 2.28. The highest BCUT2D eigenvalue weighted by Gasteiger charge is 2.44. The molecule has 1 aromatic heterocycles. The van der Waals surface area contributed by atoms with Gasteiger partial charge < -0.3 is 28.5 Å². The van der Waals surface area contributed by atoms with Crippen LogP contribution in [0.25, 0.3) is 11.0 Å². The fourth-order valence-electron chi connectivity index (χ4n) is 3.96. The molecule has 6 nitrogen and oxygen atoms in total. The molecule has 0 amide bonds. The first-order chi connectivity index (χ1) is 12.7. The first-order valence-corrected chi connectivity index (χ1v) is 8.45. The van der Waals surface area contributed by atoms with Crippen molar-refractivity contribution in [2.75, 3.05) is 20.8 Å². The Balaban J connectivity index is 1.66. The minimum absolute atomic E-state index is 0.254. The van der Waals surface area contributed by atoms with Gasteiger partial charge >= 0.3 is 0 Å². The van der Waals surface area contributed by atoms with E-state index in [-0.39, 0.29) is 12.0 Å². The van der Waals surface area contributed by atoms with Crippen molar-refractivity contribution < 1.29 is 28.5 Å². The van der Waals surface area contributed by atoms with Crippen molar-refractivity contribution in [1.29, 1.82) is 0 Å². The van der Waals surface area contributed by atoms with Gasteiger partial charge in [0.1, 0.15) is 29.8 Å². The van der Waals surface area contributed by atoms with E-state index in [1.54, 1.807) is 26.5 Å². The Bertz CT molecular complexity index is 991. The van der Waals surface area contributed by atoms with E-state index in [4.69, 9.17) is 23.4 Å². The van der Waals surface area contributed by atoms with Crippen LogP contribution in [0.5, 0.6) is 23.0 Å². The third kappa shape index (κ3) is 2.02. The molecule has 6 heteroatoms. The quantitative estimate of drug-likeness (QED) is 0.760. The smallest absolute Gasteiger partial charge is 0.164 e. The highest BCUT2D eigenvalue weighted by atomic mass is 16.5. The van der Waals surface area contributed by atoms with E-state index in [0.717, 1.165) is 22.1 Å². The van der Waals surface area contributed by atoms with Gasteiger partial charge in [-0.15, -0.1) is 0 Å². The van der Waals surface area contributed by atoms with Crippen molar-refractivity contribution in [2.45, 2.75) is 18.1 Å². The van der Waals surface area contributed by atoms with Crippen LogP contribution in [-0.4, -0.2) is 32.0 Å². The van der Waals surface area contributed by atoms with Gasteiger partial charge in [-0.3, -0.25) is 0 Å². The molecular formula is C20H18O6. The van der Waals surface area contributed by atoms with E-state index in [9.17, 15) is 5.11 Å². The summed E-state index contributed by atoms with van der Waals surface area (Å²) in [5, 5.41) is 12.0. The zero-order valence-electron chi connectivity index (χ0n) is 14.4. The molecule has 134 valence electrons. The number of methoxy groups -OCH3 is 2. The Morgan fingerprint density at radius 3 is 2.65 bits per heavy atom. The molecular weight excluding hydrogens is 336 g/mol. The maximum Gasteiger partial charge on any atom is 0.164 e. The molecule has 3 atom stereocenters. The fourth-order valence-corrected chi connectivity index (χ4v) is 3.96. The molecule has 0 fully saturated rings. The first-order valence-electron chi connectivity index (χ1n) is 8.45. The van der Waals surface area contributed by atoms with Crippen LogP contribution < -0.4 is 18.9 Å². The monoisotopic (exact) mass is 354 g/mol. The second-order valence-corrected chi connectivity index (χ2v) is 6.50. The fraction of sp³-hybridized carbons (Fsp3) is 0.300. The zero-order chi connectivity index (χ0) is 17.8. The van der Waals surface area contributed by atoms with Gasteiger partial charge in [-0.25, -0.2) is 0 Å². The molecule has 0 saturated carbocycles. The van der Waals surface area contributed by atoms with E-state index in [2.05, 4.69) is 0 Å². The lowest BCUT2D eigenvalue weighted by molar-refractivity contribution is 0.00247. The van der Waals surface area contributed by atoms with Crippen molar-refractivity contribution in [3.05, 3.63) is 47.7 Å². The number of benzene rings is 2. The lowest BCUT2D eigenvalue weighted by Gasteiger charge is -2.41. The van der Waals surface area contributed by atoms with Crippen molar-refractivity contribution in [2.24, 2.45) is 0 Å². The van der Waals surface area contributed by atoms with Gasteiger partial charge in [-0.2, -0.15) is 0 Å². The molecule has 2 aromatic carbocycles. The number of fused-ring (bicyclic) bond motifs is 6. The third-order valence-electron chi connectivity index (χ3n) is 5.22. The van der Waals surface area contributed by atoms with Gasteiger partial charge in [0, 0.05) is 17.2 Å². The predicted octanol–water partition coefficient (Wildman–Crippen LogP) is 3.42. The second kappa shape index (κ2) is 5.57. The summed E-state index contributed by atoms with van der Waals surface area (Å²) >= 11 is 0. The summed E-state index contributed by atoms with van der Waals surface area (Å²) in [6.45, 7) is 0.345. The normalized spacial score (nSPS) is 23.3. The van der Waals surface area contributed by atoms with Crippen LogP contribution in [0.4, 0.5) is 0 Å². The summed E-state index contributed by atoms with van der Waals surface area (Å²) < 4.78 is 28.4. The number of aliphatic hydroxyl groups excluding tert-OH is 1. The minimum atomic E-state index is -0.719. The highest BCUT2D eigenvalue weighted by molar-refractivity contribution is 5.86. The van der Waals surface area contributed by atoms with Gasteiger partial charge in [-0.05, 0) is 24.3 Å². The maximum absolute atomic E-state index is 11.2. The zero-order valence-corrected chi connectivity index (χ0v) is 14.4. The van der Waals surface area contributed by atoms with Crippen molar-refractivity contribution in [3.8, 4) is 23.0 Å². The summed E-state index contributed by atoms with van der Waals surface area (Å²) in [5.41, 5.74) is 2.34. The summed E-state index contributed by atoms with van der Waals surface area (Å²) in [4.78, 5) is 0. The molecule has 1 N–H and O–H groups in total. The lowest BCUT2D eigenvalue weighted by Crippen LogP contribution is -2.41. The lowest BCUT2D eigenvalue weighted by atomic mass is 9.80. The molecule has 0 saturated heterocycles. The van der Waals surface area contributed by atoms with Gasteiger partial charge in [0.15, 0.2) is 11.5 Å². The first kappa shape index (κ1) is 15.4. The predicted molar refractivity (Wildman–Crippen MR) is 93.4 cm³/mol. The SMILES string of the molecule is COc1cc2c(cc1OC)[C@@H]1[C@H](O)c3ccc4occc4c3O[C@@H]1CO2. The standard InChI is InChI=1S/C20H18O6/c1-22-15-7-12-14(8-16(15)23-2)25-9-17-18(12)19(21)11-3-4-13-10(5-6-24-13)20(11)26-17/h3-8,17-19,21H,9H2,1-2H3/t17-,18+,19-/m1/s1. The highest BCUT2D eigenvalue weighted by Crippen LogP contribution is 2.52. The molecule has 3 heterocycles. The Morgan fingerprint density at radius 2 is 1.85 bits per heavy atom. The topological polar surface area (TPSA) is 70.3 Å². The molecule has 2 aliphatic heterocycles. The molecule has 0 aliphatic carbocycles. The summed E-state index contributed by atoms with van der Waals surface area (Å²) in [7, 11) is 3.17. The van der Waals surface area contributed by atoms with Crippen LogP contribution in [0.1, 0.15) is 23.1 Å². The number of furan rings is 1. The van der Waals surface area contributed by atoms with E-state index >= 15 is 0 Å². The number of rotatable bonds is 2. The number of hydrogen-bond donors (Lipinski definition) is 1. The van der Waals surface area contributed by atoms with E-state index in [1.807, 2.05) is 24.3 Å². The van der Waals surface area contributed by atoms with Gasteiger partial charge in [0.2, 0.25) is 0 Å². The molecule has 0 radical (unpaired) electrons. The molecule has 5 rings (SSSR count). The summed E-state index contributed by atoms with van der Waals surface area (Å²) in [6, 6.07) is 9.23. The van der Waals surface area contributed by atoms with E-state index in [1.165, 1.54) is 0 Å². The molecule has 0 spiro atoms. The van der Waals surface area contributed by atoms with Crippen LogP contribution in [-0.2, 0) is 0 Å². The largest absolute Gasteiger partial charge is 0.493 e. The maximum atomic E-state index is 11.2. The van der Waals surface area contributed by atoms with Crippen LogP contribution in [0.15, 0.2) is 41.0 Å². The minimum Gasteiger partial charge on any atom is -0.493 e. The average molecular weight is 354 g/mol. The number of ether oxygens (including phenoxy) is 4. The Labute approximate surface area is 149 Å². The Morgan fingerprint density at radius 1 is 1.04 bits per heavy atom. The summed E-state index contributed by atoms with van der Waals surface area (Å²) in [6.07, 6.45) is 0.601. The van der Waals surface area contributed by atoms with Crippen LogP contribution >= 0.6 is 0 Å². The van der Waals surface area contributed by atoms with Crippen molar-refractivity contribution >= 4 is 11.0 Å². The Kier molecular flexibility index (Phi) is 3.30. The molecule has 3 aromatic rings. The van der Waals surface area contributed by atoms with Gasteiger partial charge in [0.05, 0.1) is 37.9 Å². The van der Waals surface area contributed by atoms with E-state index < -0.39 is 6.10 Å². The van der Waals surface area contributed by atoms with Crippen molar-refractivity contribution in [1.82, 2.24) is 0 Å². The molecule has 0 bridgehead atoms.